The highest BCUT2D eigenvalue weighted by Crippen LogP contribution is 2.23. The minimum absolute atomic E-state index is 0.674. The molecule has 43 heavy (non-hydrogen) atoms. The van der Waals surface area contributed by atoms with Gasteiger partial charge in [0.05, 0.1) is 24.8 Å². The molecule has 0 saturated heterocycles. The van der Waals surface area contributed by atoms with E-state index in [2.05, 4.69) is 35.1 Å². The molecule has 0 saturated carbocycles. The van der Waals surface area contributed by atoms with Crippen LogP contribution in [-0.2, 0) is 6.42 Å². The fourth-order valence-electron chi connectivity index (χ4n) is 5.04. The second kappa shape index (κ2) is 18.4. The van der Waals surface area contributed by atoms with Crippen LogP contribution >= 0.6 is 0 Å². The Labute approximate surface area is 258 Å². The molecule has 5 nitrogen and oxygen atoms in total. The normalized spacial score (nSPS) is 10.8. The number of aromatic nitrogens is 2. The van der Waals surface area contributed by atoms with Gasteiger partial charge < -0.3 is 9.47 Å². The first-order valence-corrected chi connectivity index (χ1v) is 16.0. The fourth-order valence-corrected chi connectivity index (χ4v) is 5.04. The van der Waals surface area contributed by atoms with E-state index in [1.807, 2.05) is 73.1 Å². The molecule has 0 unspecified atom stereocenters. The van der Waals surface area contributed by atoms with Crippen molar-refractivity contribution in [3.05, 3.63) is 96.3 Å². The molecule has 1 heterocycles. The minimum atomic E-state index is 0.674. The molecule has 5 heteroatoms. The summed E-state index contributed by atoms with van der Waals surface area (Å²) in [6.45, 7) is 3.71. The van der Waals surface area contributed by atoms with Crippen LogP contribution in [0.2, 0.25) is 0 Å². The van der Waals surface area contributed by atoms with Crippen molar-refractivity contribution >= 4 is 0 Å². The molecule has 0 amide bonds. The van der Waals surface area contributed by atoms with Crippen LogP contribution < -0.4 is 9.47 Å². The van der Waals surface area contributed by atoms with Crippen molar-refractivity contribution in [3.63, 3.8) is 0 Å². The molecule has 4 aromatic rings. The highest BCUT2D eigenvalue weighted by Gasteiger charge is 2.04. The number of unbranched alkanes of at least 4 members (excludes halogenated alkanes) is 9. The maximum atomic E-state index is 8.95. The SMILES string of the molecule is CCCCCCCCc1cnc(-c2ccc(OCCCCCCCOc3ccc(-c4ccc(C#N)cc4)cc3)cc2)nc1. The third kappa shape index (κ3) is 11.2. The molecule has 224 valence electrons. The topological polar surface area (TPSA) is 68.0 Å². The average molecular weight is 576 g/mol. The van der Waals surface area contributed by atoms with E-state index >= 15 is 0 Å². The first-order chi connectivity index (χ1) is 21.2. The van der Waals surface area contributed by atoms with E-state index in [1.165, 1.54) is 50.5 Å². The second-order valence-electron chi connectivity index (χ2n) is 11.1. The van der Waals surface area contributed by atoms with Crippen LogP contribution in [0.3, 0.4) is 0 Å². The summed E-state index contributed by atoms with van der Waals surface area (Å²) in [5.74, 6) is 2.55. The van der Waals surface area contributed by atoms with Crippen LogP contribution in [0.5, 0.6) is 11.5 Å². The van der Waals surface area contributed by atoms with E-state index in [0.29, 0.717) is 5.56 Å². The van der Waals surface area contributed by atoms with E-state index < -0.39 is 0 Å². The van der Waals surface area contributed by atoms with Crippen molar-refractivity contribution in [2.45, 2.75) is 84.0 Å². The standard InChI is InChI=1S/C38H45N3O2/c1-2-3-4-5-7-10-13-32-29-40-38(41-30-32)35-20-24-37(25-21-35)43-27-12-9-6-8-11-26-42-36-22-18-34(19-23-36)33-16-14-31(28-39)15-17-33/h14-25,29-30H,2-13,26-27H2,1H3. The van der Waals surface area contributed by atoms with Crippen LogP contribution in [-0.4, -0.2) is 23.2 Å². The largest absolute Gasteiger partial charge is 0.494 e. The van der Waals surface area contributed by atoms with Crippen molar-refractivity contribution in [3.8, 4) is 40.1 Å². The summed E-state index contributed by atoms with van der Waals surface area (Å²) in [5.41, 5.74) is 5.13. The Hall–Kier alpha value is -4.17. The van der Waals surface area contributed by atoms with Gasteiger partial charge in [0, 0.05) is 18.0 Å². The zero-order valence-electron chi connectivity index (χ0n) is 25.6. The van der Waals surface area contributed by atoms with Gasteiger partial charge in [0.1, 0.15) is 11.5 Å². The number of ether oxygens (including phenoxy) is 2. The van der Waals surface area contributed by atoms with E-state index in [1.54, 1.807) is 0 Å². The van der Waals surface area contributed by atoms with Gasteiger partial charge in [-0.3, -0.25) is 0 Å². The summed E-state index contributed by atoms with van der Waals surface area (Å²) in [5, 5.41) is 8.95. The highest BCUT2D eigenvalue weighted by molar-refractivity contribution is 5.65. The predicted molar refractivity (Wildman–Crippen MR) is 175 cm³/mol. The van der Waals surface area contributed by atoms with Gasteiger partial charge in [-0.1, -0.05) is 82.6 Å². The Morgan fingerprint density at radius 3 is 1.56 bits per heavy atom. The Bertz CT molecular complexity index is 1360. The van der Waals surface area contributed by atoms with E-state index in [4.69, 9.17) is 14.7 Å². The molecule has 0 radical (unpaired) electrons. The molecule has 0 fully saturated rings. The maximum Gasteiger partial charge on any atom is 0.159 e. The molecular formula is C38H45N3O2. The molecule has 0 bridgehead atoms. The third-order valence-corrected chi connectivity index (χ3v) is 7.66. The van der Waals surface area contributed by atoms with Gasteiger partial charge >= 0.3 is 0 Å². The number of hydrogen-bond acceptors (Lipinski definition) is 5. The molecule has 0 aliphatic carbocycles. The molecule has 0 aliphatic heterocycles. The van der Waals surface area contributed by atoms with Crippen LogP contribution in [0.25, 0.3) is 22.5 Å². The lowest BCUT2D eigenvalue weighted by atomic mass is 10.0. The number of benzene rings is 3. The lowest BCUT2D eigenvalue weighted by Gasteiger charge is -2.09. The Balaban J connectivity index is 1.03. The van der Waals surface area contributed by atoms with Crippen LogP contribution in [0.15, 0.2) is 85.2 Å². The minimum Gasteiger partial charge on any atom is -0.494 e. The van der Waals surface area contributed by atoms with Gasteiger partial charge in [-0.2, -0.15) is 5.26 Å². The summed E-state index contributed by atoms with van der Waals surface area (Å²) in [6, 6.07) is 26.0. The monoisotopic (exact) mass is 575 g/mol. The number of rotatable bonds is 19. The maximum absolute atomic E-state index is 8.95. The van der Waals surface area contributed by atoms with Crippen molar-refractivity contribution < 1.29 is 9.47 Å². The molecule has 0 atom stereocenters. The predicted octanol–water partition coefficient (Wildman–Crippen LogP) is 9.99. The number of hydrogen-bond donors (Lipinski definition) is 0. The Morgan fingerprint density at radius 1 is 0.558 bits per heavy atom. The summed E-state index contributed by atoms with van der Waals surface area (Å²) in [6.07, 6.45) is 18.4. The van der Waals surface area contributed by atoms with Crippen molar-refractivity contribution in [1.82, 2.24) is 9.97 Å². The number of nitriles is 1. The van der Waals surface area contributed by atoms with Crippen molar-refractivity contribution in [1.29, 1.82) is 5.26 Å². The molecule has 0 aliphatic rings. The lowest BCUT2D eigenvalue weighted by molar-refractivity contribution is 0.293. The van der Waals surface area contributed by atoms with Crippen LogP contribution in [0.1, 0.15) is 88.7 Å². The molecule has 4 rings (SSSR count). The highest BCUT2D eigenvalue weighted by atomic mass is 16.5. The van der Waals surface area contributed by atoms with Crippen LogP contribution in [0.4, 0.5) is 0 Å². The zero-order chi connectivity index (χ0) is 30.0. The summed E-state index contributed by atoms with van der Waals surface area (Å²) < 4.78 is 11.9. The van der Waals surface area contributed by atoms with Crippen LogP contribution in [0, 0.1) is 11.3 Å². The van der Waals surface area contributed by atoms with E-state index in [-0.39, 0.29) is 0 Å². The van der Waals surface area contributed by atoms with Gasteiger partial charge in [0.25, 0.3) is 0 Å². The first-order valence-electron chi connectivity index (χ1n) is 16.0. The Morgan fingerprint density at radius 2 is 1.02 bits per heavy atom. The number of nitrogens with zero attached hydrogens (tertiary/aromatic N) is 3. The Kier molecular flexibility index (Phi) is 13.6. The quantitative estimate of drug-likeness (QED) is 0.104. The molecule has 1 aromatic heterocycles. The fraction of sp³-hybridized carbons (Fsp3) is 0.395. The van der Waals surface area contributed by atoms with Gasteiger partial charge in [0.2, 0.25) is 0 Å². The van der Waals surface area contributed by atoms with Gasteiger partial charge in [-0.05, 0) is 90.9 Å². The third-order valence-electron chi connectivity index (χ3n) is 7.66. The molecule has 0 spiro atoms. The van der Waals surface area contributed by atoms with Gasteiger partial charge in [0.15, 0.2) is 5.82 Å². The molecule has 3 aromatic carbocycles. The second-order valence-corrected chi connectivity index (χ2v) is 11.1. The summed E-state index contributed by atoms with van der Waals surface area (Å²) >= 11 is 0. The average Bonchev–Trinajstić information content (AvgIpc) is 3.06. The van der Waals surface area contributed by atoms with Gasteiger partial charge in [-0.15, -0.1) is 0 Å². The molecular weight excluding hydrogens is 530 g/mol. The zero-order valence-corrected chi connectivity index (χ0v) is 25.6. The number of aryl methyl sites for hydroxylation is 1. The van der Waals surface area contributed by atoms with Crippen molar-refractivity contribution in [2.24, 2.45) is 0 Å². The van der Waals surface area contributed by atoms with Crippen molar-refractivity contribution in [2.75, 3.05) is 13.2 Å². The van der Waals surface area contributed by atoms with E-state index in [0.717, 1.165) is 79.3 Å². The first kappa shape index (κ1) is 31.8. The van der Waals surface area contributed by atoms with E-state index in [9.17, 15) is 0 Å². The lowest BCUT2D eigenvalue weighted by Crippen LogP contribution is -1.99. The molecule has 0 N–H and O–H groups in total. The van der Waals surface area contributed by atoms with Gasteiger partial charge in [-0.25, -0.2) is 9.97 Å². The summed E-state index contributed by atoms with van der Waals surface area (Å²) in [7, 11) is 0. The smallest absolute Gasteiger partial charge is 0.159 e. The summed E-state index contributed by atoms with van der Waals surface area (Å²) in [4.78, 5) is 9.18.